The maximum absolute atomic E-state index is 15.0. The van der Waals surface area contributed by atoms with E-state index in [1.54, 1.807) is 34.8 Å². The highest BCUT2D eigenvalue weighted by Crippen LogP contribution is 2.64. The topological polar surface area (TPSA) is 128 Å². The maximum atomic E-state index is 15.0. The number of nitriles is 3. The second-order valence-electron chi connectivity index (χ2n) is 24.5. The number of unbranched alkanes of at least 4 members (excludes halogenated alkanes) is 4. The summed E-state index contributed by atoms with van der Waals surface area (Å²) in [7, 11) is 0. The van der Waals surface area contributed by atoms with Crippen LogP contribution in [0.4, 0.5) is 17.6 Å². The molecule has 0 bridgehead atoms. The average Bonchev–Trinajstić information content (AvgIpc) is 1.54. The van der Waals surface area contributed by atoms with Gasteiger partial charge < -0.3 is 9.47 Å². The fraction of sp³-hybridized carbons (Fsp3) is 0.440. The predicted molar refractivity (Wildman–Crippen MR) is 363 cm³/mol. The van der Waals surface area contributed by atoms with E-state index in [2.05, 4.69) is 72.4 Å². The number of hydrogen-bond acceptors (Lipinski definition) is 11. The Kier molecular flexibility index (Phi) is 22.9. The van der Waals surface area contributed by atoms with Crippen LogP contribution in [-0.4, -0.2) is 24.8 Å². The fourth-order valence-electron chi connectivity index (χ4n) is 13.3. The number of allylic oxidation sites excluding steroid dienone is 6. The van der Waals surface area contributed by atoms with Crippen LogP contribution >= 0.6 is 45.3 Å². The van der Waals surface area contributed by atoms with E-state index >= 15 is 0 Å². The molecule has 0 radical (unpaired) electrons. The van der Waals surface area contributed by atoms with Crippen molar-refractivity contribution >= 4 is 80.2 Å². The highest BCUT2D eigenvalue weighted by atomic mass is 32.1. The number of benzene rings is 2. The smallest absolute Gasteiger partial charge is 0.270 e. The second-order valence-corrected chi connectivity index (χ2v) is 28.8. The van der Waals surface area contributed by atoms with Gasteiger partial charge in [-0.2, -0.15) is 10.5 Å². The zero-order valence-corrected chi connectivity index (χ0v) is 56.6. The van der Waals surface area contributed by atoms with E-state index in [4.69, 9.17) is 16.0 Å². The summed E-state index contributed by atoms with van der Waals surface area (Å²) in [6.07, 6.45) is 21.6. The SMILES string of the molecule is [C-]#[N+]C(C#N)=C1/C(=C/c2cc(OCC(CC)CCCC)c(-c3cc4c(s3)-c3sc(-c5sc(/C=C6\C(=O)c7cc(F)c(F)cc7C6=C(C#N)C#N)cc5OCC(CC)CCCC)cc3C4(CC(CC)CCCC)CC(CC)CCCC)s2)C(=O)c2cc(F)c(F)cc21. The molecule has 0 aliphatic heterocycles. The van der Waals surface area contributed by atoms with Crippen LogP contribution in [0.25, 0.3) is 57.4 Å². The zero-order chi connectivity index (χ0) is 65.3. The lowest BCUT2D eigenvalue weighted by Crippen LogP contribution is -2.31. The van der Waals surface area contributed by atoms with Gasteiger partial charge in [0.05, 0.1) is 35.6 Å². The first-order valence-corrected chi connectivity index (χ1v) is 35.7. The lowest BCUT2D eigenvalue weighted by atomic mass is 9.65. The third-order valence-corrected chi connectivity index (χ3v) is 23.6. The largest absolute Gasteiger partial charge is 0.492 e. The highest BCUT2D eigenvalue weighted by Gasteiger charge is 2.49. The first-order chi connectivity index (χ1) is 44.0. The summed E-state index contributed by atoms with van der Waals surface area (Å²) >= 11 is 6.29. The molecule has 6 aromatic rings. The molecule has 9 rings (SSSR count). The monoisotopic (exact) mass is 1300 g/mol. The molecule has 0 spiro atoms. The quantitative estimate of drug-likeness (QED) is 0.0190. The van der Waals surface area contributed by atoms with Gasteiger partial charge >= 0.3 is 0 Å². The van der Waals surface area contributed by atoms with E-state index in [0.717, 1.165) is 169 Å². The molecule has 0 amide bonds. The summed E-state index contributed by atoms with van der Waals surface area (Å²) in [5, 5.41) is 30.6. The molecule has 8 nitrogen and oxygen atoms in total. The number of fused-ring (bicyclic) bond motifs is 5. The Morgan fingerprint density at radius 1 is 0.516 bits per heavy atom. The minimum Gasteiger partial charge on any atom is -0.492 e. The van der Waals surface area contributed by atoms with Crippen molar-refractivity contribution in [2.24, 2.45) is 23.7 Å². The highest BCUT2D eigenvalue weighted by molar-refractivity contribution is 7.29. The van der Waals surface area contributed by atoms with Crippen LogP contribution in [0.3, 0.4) is 0 Å². The number of thiophene rings is 4. The normalized spacial score (nSPS) is 17.5. The van der Waals surface area contributed by atoms with Crippen LogP contribution in [0.5, 0.6) is 11.5 Å². The Bertz CT molecular complexity index is 3760. The molecule has 3 aliphatic rings. The number of ether oxygens (including phenoxy) is 2. The molecule has 0 fully saturated rings. The minimum atomic E-state index is -1.21. The summed E-state index contributed by atoms with van der Waals surface area (Å²) in [6, 6.07) is 17.7. The Hall–Kier alpha value is -7.18. The predicted octanol–water partition coefficient (Wildman–Crippen LogP) is 23.0. The maximum Gasteiger partial charge on any atom is 0.270 e. The van der Waals surface area contributed by atoms with Crippen molar-refractivity contribution in [1.29, 1.82) is 15.8 Å². The van der Waals surface area contributed by atoms with Gasteiger partial charge in [-0.05, 0) is 132 Å². The molecule has 4 aromatic heterocycles. The molecule has 0 saturated heterocycles. The van der Waals surface area contributed by atoms with Crippen molar-refractivity contribution < 1.29 is 36.6 Å². The van der Waals surface area contributed by atoms with E-state index in [1.165, 1.54) is 33.8 Å². The van der Waals surface area contributed by atoms with Crippen LogP contribution in [-0.2, 0) is 5.41 Å². The van der Waals surface area contributed by atoms with Gasteiger partial charge in [0.2, 0.25) is 0 Å². The second kappa shape index (κ2) is 30.5. The Balaban J connectivity index is 1.27. The molecule has 4 heterocycles. The Morgan fingerprint density at radius 2 is 0.890 bits per heavy atom. The van der Waals surface area contributed by atoms with E-state index < -0.39 is 45.9 Å². The number of carbonyl (C=O) groups is 2. The van der Waals surface area contributed by atoms with Crippen molar-refractivity contribution in [1.82, 2.24) is 0 Å². The van der Waals surface area contributed by atoms with Gasteiger partial charge in [0, 0.05) is 68.1 Å². The molecule has 16 heteroatoms. The van der Waals surface area contributed by atoms with Crippen molar-refractivity contribution in [3.05, 3.63) is 149 Å². The number of ketones is 2. The van der Waals surface area contributed by atoms with Gasteiger partial charge in [0.1, 0.15) is 29.2 Å². The fourth-order valence-corrected chi connectivity index (χ4v) is 18.3. The van der Waals surface area contributed by atoms with E-state index in [9.17, 15) is 42.9 Å². The zero-order valence-electron chi connectivity index (χ0n) is 53.3. The average molecular weight is 1300 g/mol. The molecular weight excluding hydrogens is 1230 g/mol. The Morgan fingerprint density at radius 3 is 1.25 bits per heavy atom. The summed E-state index contributed by atoms with van der Waals surface area (Å²) < 4.78 is 73.5. The number of halogens is 4. The molecule has 474 valence electrons. The molecule has 4 atom stereocenters. The standard InChI is InChI=1S/C75H78F4N4O4S4/c1-10-18-22-43(14-5)36-75(37-44(15-6)23-19-11-2)56-34-65(73-63(86-41-45(16-7)24-20-12-3)28-48(88-73)26-54-67(47(38-80)39-81)50-30-58(76)60(78)32-52(50)69(54)84)90-71(56)72-57(75)35-66(91-72)74-64(87-42-46(17-8)25-21-13-4)29-49(89-74)27-55-68(62(40-82)83-9)51-31-59(77)61(79)33-53(51)70(55)85/h26-35,43-46H,10-25,36-37,41-42H2,1-8H3/b54-26-,55-27-,68-62?. The van der Waals surface area contributed by atoms with E-state index in [-0.39, 0.29) is 62.0 Å². The van der Waals surface area contributed by atoms with E-state index in [0.29, 0.717) is 46.3 Å². The van der Waals surface area contributed by atoms with Crippen LogP contribution in [0.2, 0.25) is 0 Å². The number of Topliss-reactive ketones (excluding diaryl/α,β-unsaturated/α-hetero) is 2. The number of rotatable bonds is 30. The number of hydrogen-bond donors (Lipinski definition) is 0. The first kappa shape index (κ1) is 68.2. The van der Waals surface area contributed by atoms with Crippen molar-refractivity contribution in [3.63, 3.8) is 0 Å². The van der Waals surface area contributed by atoms with Gasteiger partial charge in [-0.15, -0.1) is 45.3 Å². The summed E-state index contributed by atoms with van der Waals surface area (Å²) in [5.41, 5.74) is 0.980. The summed E-state index contributed by atoms with van der Waals surface area (Å²) in [5.74, 6) is -3.46. The molecule has 2 aromatic carbocycles. The lowest BCUT2D eigenvalue weighted by molar-refractivity contribution is 0.103. The molecule has 0 N–H and O–H groups in total. The lowest BCUT2D eigenvalue weighted by Gasteiger charge is -2.37. The van der Waals surface area contributed by atoms with Gasteiger partial charge in [0.25, 0.3) is 5.70 Å². The summed E-state index contributed by atoms with van der Waals surface area (Å²) in [6.45, 7) is 26.6. The molecule has 0 saturated carbocycles. The molecule has 4 unspecified atom stereocenters. The van der Waals surface area contributed by atoms with Crippen LogP contribution in [0, 0.1) is 87.5 Å². The number of carbonyl (C=O) groups excluding carboxylic acids is 2. The first-order valence-electron chi connectivity index (χ1n) is 32.4. The molecular formula is C75H78F4N4O4S4. The van der Waals surface area contributed by atoms with Crippen LogP contribution in [0.15, 0.2) is 70.9 Å². The van der Waals surface area contributed by atoms with Crippen LogP contribution < -0.4 is 9.47 Å². The van der Waals surface area contributed by atoms with E-state index in [1.807, 2.05) is 30.3 Å². The molecule has 91 heavy (non-hydrogen) atoms. The van der Waals surface area contributed by atoms with Gasteiger partial charge in [-0.25, -0.2) is 27.7 Å². The van der Waals surface area contributed by atoms with Gasteiger partial charge in [-0.3, -0.25) is 9.59 Å². The van der Waals surface area contributed by atoms with Gasteiger partial charge in [-0.1, -0.05) is 145 Å². The third kappa shape index (κ3) is 14.0. The number of nitrogens with zero attached hydrogens (tertiary/aromatic N) is 4. The van der Waals surface area contributed by atoms with Gasteiger partial charge in [0.15, 0.2) is 34.8 Å². The van der Waals surface area contributed by atoms with Crippen molar-refractivity contribution in [3.8, 4) is 59.0 Å². The Labute approximate surface area is 550 Å². The van der Waals surface area contributed by atoms with Crippen molar-refractivity contribution in [2.45, 2.75) is 176 Å². The van der Waals surface area contributed by atoms with Crippen molar-refractivity contribution in [2.75, 3.05) is 13.2 Å². The minimum absolute atomic E-state index is 0.000685. The third-order valence-electron chi connectivity index (χ3n) is 18.7. The van der Waals surface area contributed by atoms with Crippen LogP contribution in [0.1, 0.15) is 224 Å². The summed E-state index contributed by atoms with van der Waals surface area (Å²) in [4.78, 5) is 39.3. The molecule has 3 aliphatic carbocycles.